The lowest BCUT2D eigenvalue weighted by atomic mass is 9.98. The van der Waals surface area contributed by atoms with Crippen LogP contribution in [0.2, 0.25) is 10.0 Å². The minimum atomic E-state index is -0.388. The molecule has 8 heteroatoms. The number of aromatic hydroxyl groups is 2. The lowest BCUT2D eigenvalue weighted by molar-refractivity contribution is 0.375. The van der Waals surface area contributed by atoms with Crippen LogP contribution in [-0.4, -0.2) is 38.3 Å². The summed E-state index contributed by atoms with van der Waals surface area (Å²) in [5.74, 6) is -0.753. The topological polar surface area (TPSA) is 68.6 Å². The molecule has 132 valence electrons. The number of fused-ring (bicyclic) bond motifs is 1. The second kappa shape index (κ2) is 7.64. The van der Waals surface area contributed by atoms with E-state index in [0.717, 1.165) is 17.7 Å². The summed E-state index contributed by atoms with van der Waals surface area (Å²) in [7, 11) is 0. The average Bonchev–Trinajstić information content (AvgIpc) is 2.65. The van der Waals surface area contributed by atoms with Gasteiger partial charge in [0.25, 0.3) is 0 Å². The molecular formula is C17H17Cl2N3O2S. The normalized spacial score (nSPS) is 13.4. The minimum absolute atomic E-state index is 0.123. The summed E-state index contributed by atoms with van der Waals surface area (Å²) in [6, 6.07) is 5.81. The van der Waals surface area contributed by atoms with E-state index in [9.17, 15) is 10.2 Å². The van der Waals surface area contributed by atoms with E-state index >= 15 is 0 Å². The van der Waals surface area contributed by atoms with E-state index < -0.39 is 0 Å². The van der Waals surface area contributed by atoms with Crippen molar-refractivity contribution in [2.45, 2.75) is 19.4 Å². The third-order valence-corrected chi connectivity index (χ3v) is 5.40. The van der Waals surface area contributed by atoms with Gasteiger partial charge in [-0.15, -0.1) is 0 Å². The molecule has 0 atom stereocenters. The van der Waals surface area contributed by atoms with Gasteiger partial charge in [-0.3, -0.25) is 4.98 Å². The second-order valence-electron chi connectivity index (χ2n) is 5.76. The van der Waals surface area contributed by atoms with Crippen molar-refractivity contribution in [1.29, 1.82) is 0 Å². The Hall–Kier alpha value is -1.76. The number of aromatic nitrogens is 1. The molecule has 2 aromatic rings. The fourth-order valence-electron chi connectivity index (χ4n) is 2.83. The van der Waals surface area contributed by atoms with Gasteiger partial charge < -0.3 is 20.4 Å². The third-order valence-electron chi connectivity index (χ3n) is 4.19. The summed E-state index contributed by atoms with van der Waals surface area (Å²) in [6.07, 6.45) is 3.12. The molecule has 0 aliphatic carbocycles. The molecule has 2 heterocycles. The molecule has 0 fully saturated rings. The lowest BCUT2D eigenvalue weighted by Crippen LogP contribution is -2.43. The van der Waals surface area contributed by atoms with Crippen LogP contribution in [-0.2, 0) is 19.4 Å². The number of rotatable bonds is 3. The first-order valence-electron chi connectivity index (χ1n) is 7.82. The maximum Gasteiger partial charge on any atom is 0.178 e. The van der Waals surface area contributed by atoms with Crippen LogP contribution in [0.4, 0.5) is 0 Å². The number of phenols is 2. The van der Waals surface area contributed by atoms with Crippen LogP contribution >= 0.6 is 35.4 Å². The highest BCUT2D eigenvalue weighted by Gasteiger charge is 2.27. The Bertz CT molecular complexity index is 802. The average molecular weight is 398 g/mol. The van der Waals surface area contributed by atoms with Crippen molar-refractivity contribution in [2.75, 3.05) is 13.1 Å². The lowest BCUT2D eigenvalue weighted by Gasteiger charge is -2.32. The van der Waals surface area contributed by atoms with Gasteiger partial charge in [0.2, 0.25) is 0 Å². The zero-order valence-electron chi connectivity index (χ0n) is 13.3. The Morgan fingerprint density at radius 3 is 2.60 bits per heavy atom. The molecule has 1 aromatic heterocycles. The maximum absolute atomic E-state index is 9.90. The van der Waals surface area contributed by atoms with Crippen LogP contribution in [0, 0.1) is 0 Å². The van der Waals surface area contributed by atoms with Crippen molar-refractivity contribution in [1.82, 2.24) is 15.2 Å². The van der Waals surface area contributed by atoms with Gasteiger partial charge >= 0.3 is 0 Å². The maximum atomic E-state index is 9.90. The molecule has 25 heavy (non-hydrogen) atoms. The van der Waals surface area contributed by atoms with Crippen molar-refractivity contribution in [3.8, 4) is 11.5 Å². The van der Waals surface area contributed by atoms with Gasteiger partial charge in [-0.05, 0) is 41.9 Å². The van der Waals surface area contributed by atoms with Crippen molar-refractivity contribution < 1.29 is 10.2 Å². The number of hydrogen-bond donors (Lipinski definition) is 3. The van der Waals surface area contributed by atoms with Gasteiger partial charge in [0.05, 0.1) is 10.0 Å². The minimum Gasteiger partial charge on any atom is -0.503 e. The Morgan fingerprint density at radius 1 is 1.20 bits per heavy atom. The molecule has 0 saturated carbocycles. The third kappa shape index (κ3) is 3.76. The molecule has 0 saturated heterocycles. The second-order valence-corrected chi connectivity index (χ2v) is 6.90. The highest BCUT2D eigenvalue weighted by atomic mass is 35.5. The van der Waals surface area contributed by atoms with E-state index in [2.05, 4.69) is 10.3 Å². The smallest absolute Gasteiger partial charge is 0.178 e. The standard InChI is InChI=1S/C17H17Cl2N3O2S/c18-13-11-5-8-22(9-12(11)14(19)16(24)15(13)23)17(25)21-7-4-10-3-1-2-6-20-10/h1-3,6,23-24H,4-5,7-9H2,(H,21,25). The van der Waals surface area contributed by atoms with Gasteiger partial charge in [0.1, 0.15) is 0 Å². The van der Waals surface area contributed by atoms with Gasteiger partial charge in [0.15, 0.2) is 16.6 Å². The number of benzene rings is 1. The first-order valence-corrected chi connectivity index (χ1v) is 8.98. The number of thiocarbonyl (C=S) groups is 1. The van der Waals surface area contributed by atoms with Gasteiger partial charge in [-0.1, -0.05) is 29.3 Å². The molecular weight excluding hydrogens is 381 g/mol. The Morgan fingerprint density at radius 2 is 1.92 bits per heavy atom. The summed E-state index contributed by atoms with van der Waals surface area (Å²) in [6.45, 7) is 1.76. The van der Waals surface area contributed by atoms with E-state index in [1.165, 1.54) is 0 Å². The molecule has 0 amide bonds. The molecule has 3 rings (SSSR count). The number of nitrogens with one attached hydrogen (secondary N) is 1. The molecule has 5 nitrogen and oxygen atoms in total. The van der Waals surface area contributed by atoms with Crippen LogP contribution in [0.3, 0.4) is 0 Å². The summed E-state index contributed by atoms with van der Waals surface area (Å²) < 4.78 is 0. The monoisotopic (exact) mass is 397 g/mol. The number of nitrogens with zero attached hydrogens (tertiary/aromatic N) is 2. The Labute approximate surface area is 161 Å². The summed E-state index contributed by atoms with van der Waals surface area (Å²) in [5.41, 5.74) is 2.45. The number of pyridine rings is 1. The van der Waals surface area contributed by atoms with Gasteiger partial charge in [-0.2, -0.15) is 0 Å². The van der Waals surface area contributed by atoms with Crippen molar-refractivity contribution in [3.63, 3.8) is 0 Å². The van der Waals surface area contributed by atoms with Crippen molar-refractivity contribution in [2.24, 2.45) is 0 Å². The number of hydrogen-bond acceptors (Lipinski definition) is 4. The molecule has 0 radical (unpaired) electrons. The van der Waals surface area contributed by atoms with Crippen LogP contribution < -0.4 is 5.32 Å². The molecule has 0 unspecified atom stereocenters. The van der Waals surface area contributed by atoms with E-state index in [1.807, 2.05) is 23.1 Å². The molecule has 1 aromatic carbocycles. The zero-order valence-corrected chi connectivity index (χ0v) is 15.6. The molecule has 0 spiro atoms. The van der Waals surface area contributed by atoms with E-state index in [0.29, 0.717) is 36.7 Å². The number of phenolic OH excluding ortho intramolecular Hbond substituents is 2. The number of halogens is 2. The van der Waals surface area contributed by atoms with Gasteiger partial charge in [0, 0.05) is 37.9 Å². The summed E-state index contributed by atoms with van der Waals surface area (Å²) in [5, 5.41) is 23.8. The first-order chi connectivity index (χ1) is 12.0. The fraction of sp³-hybridized carbons (Fsp3) is 0.294. The molecule has 1 aliphatic heterocycles. The van der Waals surface area contributed by atoms with Crippen LogP contribution in [0.1, 0.15) is 16.8 Å². The van der Waals surface area contributed by atoms with E-state index in [-0.39, 0.29) is 21.5 Å². The summed E-state index contributed by atoms with van der Waals surface area (Å²) >= 11 is 17.8. The Balaban J connectivity index is 1.65. The highest BCUT2D eigenvalue weighted by molar-refractivity contribution is 7.80. The van der Waals surface area contributed by atoms with E-state index in [1.54, 1.807) is 6.20 Å². The fourth-order valence-corrected chi connectivity index (χ4v) is 3.65. The van der Waals surface area contributed by atoms with Gasteiger partial charge in [-0.25, -0.2) is 0 Å². The predicted octanol–water partition coefficient (Wildman–Crippen LogP) is 3.27. The Kier molecular flexibility index (Phi) is 5.51. The van der Waals surface area contributed by atoms with Crippen molar-refractivity contribution >= 4 is 40.5 Å². The zero-order chi connectivity index (χ0) is 18.0. The summed E-state index contributed by atoms with van der Waals surface area (Å²) in [4.78, 5) is 6.24. The van der Waals surface area contributed by atoms with Crippen LogP contribution in [0.15, 0.2) is 24.4 Å². The van der Waals surface area contributed by atoms with Crippen molar-refractivity contribution in [3.05, 3.63) is 51.3 Å². The predicted molar refractivity (Wildman–Crippen MR) is 102 cm³/mol. The highest BCUT2D eigenvalue weighted by Crippen LogP contribution is 2.46. The molecule has 3 N–H and O–H groups in total. The van der Waals surface area contributed by atoms with Crippen LogP contribution in [0.5, 0.6) is 11.5 Å². The largest absolute Gasteiger partial charge is 0.503 e. The first kappa shape index (κ1) is 18.0. The molecule has 1 aliphatic rings. The SMILES string of the molecule is Oc1c(O)c(Cl)c2c(c1Cl)CCN(C(=S)NCCc1ccccn1)C2. The quantitative estimate of drug-likeness (QED) is 0.545. The van der Waals surface area contributed by atoms with Crippen LogP contribution in [0.25, 0.3) is 0 Å². The van der Waals surface area contributed by atoms with E-state index in [4.69, 9.17) is 35.4 Å². The molecule has 0 bridgehead atoms.